The molecule has 0 aliphatic heterocycles. The standard InChI is InChI=1S/C20H22ClFN2O3S/c21-18-11-6-15(20(25)23-13-14-4-2-1-3-5-14)12-19(18)24-28(26,27)17-9-7-16(22)8-10-17/h6-12,14,24H,1-5,13H2,(H,23,25). The van der Waals surface area contributed by atoms with Crippen LogP contribution in [0, 0.1) is 11.7 Å². The molecule has 3 rings (SSSR count). The third kappa shape index (κ3) is 5.23. The molecule has 2 N–H and O–H groups in total. The van der Waals surface area contributed by atoms with Crippen molar-refractivity contribution in [3.05, 3.63) is 58.9 Å². The van der Waals surface area contributed by atoms with Gasteiger partial charge in [-0.05, 0) is 61.2 Å². The summed E-state index contributed by atoms with van der Waals surface area (Å²) < 4.78 is 40.4. The van der Waals surface area contributed by atoms with E-state index in [1.165, 1.54) is 31.4 Å². The molecular formula is C20H22ClFN2O3S. The Morgan fingerprint density at radius 1 is 1.07 bits per heavy atom. The number of hydrogen-bond acceptors (Lipinski definition) is 3. The van der Waals surface area contributed by atoms with Gasteiger partial charge in [-0.3, -0.25) is 9.52 Å². The highest BCUT2D eigenvalue weighted by Gasteiger charge is 2.18. The average molecular weight is 425 g/mol. The van der Waals surface area contributed by atoms with Crippen molar-refractivity contribution in [2.45, 2.75) is 37.0 Å². The van der Waals surface area contributed by atoms with Crippen molar-refractivity contribution in [3.8, 4) is 0 Å². The monoisotopic (exact) mass is 424 g/mol. The summed E-state index contributed by atoms with van der Waals surface area (Å²) in [6.07, 6.45) is 5.86. The molecule has 0 aromatic heterocycles. The summed E-state index contributed by atoms with van der Waals surface area (Å²) in [6, 6.07) is 8.86. The zero-order chi connectivity index (χ0) is 20.1. The minimum atomic E-state index is -3.96. The van der Waals surface area contributed by atoms with E-state index in [9.17, 15) is 17.6 Å². The third-order valence-corrected chi connectivity index (χ3v) is 6.58. The van der Waals surface area contributed by atoms with Gasteiger partial charge >= 0.3 is 0 Å². The van der Waals surface area contributed by atoms with Gasteiger partial charge in [0.05, 0.1) is 15.6 Å². The fourth-order valence-electron chi connectivity index (χ4n) is 3.29. The maximum absolute atomic E-state index is 13.0. The first kappa shape index (κ1) is 20.6. The Balaban J connectivity index is 1.71. The number of carbonyl (C=O) groups is 1. The molecule has 0 heterocycles. The molecule has 1 aliphatic carbocycles. The van der Waals surface area contributed by atoms with Crippen LogP contribution in [0.15, 0.2) is 47.4 Å². The average Bonchev–Trinajstić information content (AvgIpc) is 2.69. The van der Waals surface area contributed by atoms with Gasteiger partial charge in [0.2, 0.25) is 0 Å². The summed E-state index contributed by atoms with van der Waals surface area (Å²) in [5.74, 6) is -0.320. The Morgan fingerprint density at radius 3 is 2.43 bits per heavy atom. The highest BCUT2D eigenvalue weighted by atomic mass is 35.5. The minimum Gasteiger partial charge on any atom is -0.352 e. The topological polar surface area (TPSA) is 75.3 Å². The maximum Gasteiger partial charge on any atom is 0.261 e. The summed E-state index contributed by atoms with van der Waals surface area (Å²) in [6.45, 7) is 0.609. The van der Waals surface area contributed by atoms with Crippen LogP contribution in [-0.2, 0) is 10.0 Å². The molecule has 0 unspecified atom stereocenters. The molecule has 1 saturated carbocycles. The molecule has 1 aliphatic rings. The van der Waals surface area contributed by atoms with Gasteiger partial charge in [0.1, 0.15) is 5.82 Å². The molecule has 0 saturated heterocycles. The van der Waals surface area contributed by atoms with Gasteiger partial charge in [0.15, 0.2) is 0 Å². The van der Waals surface area contributed by atoms with Crippen LogP contribution < -0.4 is 10.0 Å². The Hall–Kier alpha value is -2.12. The number of hydrogen-bond donors (Lipinski definition) is 2. The second-order valence-electron chi connectivity index (χ2n) is 6.97. The summed E-state index contributed by atoms with van der Waals surface area (Å²) in [5, 5.41) is 3.08. The van der Waals surface area contributed by atoms with Crippen molar-refractivity contribution in [2.24, 2.45) is 5.92 Å². The molecular weight excluding hydrogens is 403 g/mol. The predicted octanol–water partition coefficient (Wildman–Crippen LogP) is 4.59. The van der Waals surface area contributed by atoms with E-state index in [0.29, 0.717) is 18.0 Å². The molecule has 8 heteroatoms. The van der Waals surface area contributed by atoms with Crippen LogP contribution in [-0.4, -0.2) is 20.9 Å². The Labute approximate surface area is 169 Å². The van der Waals surface area contributed by atoms with Gasteiger partial charge in [-0.25, -0.2) is 12.8 Å². The van der Waals surface area contributed by atoms with Gasteiger partial charge in [-0.1, -0.05) is 30.9 Å². The van der Waals surface area contributed by atoms with E-state index in [0.717, 1.165) is 37.1 Å². The quantitative estimate of drug-likeness (QED) is 0.712. The number of rotatable bonds is 6. The second-order valence-corrected chi connectivity index (χ2v) is 9.06. The highest BCUT2D eigenvalue weighted by molar-refractivity contribution is 7.92. The molecule has 1 fully saturated rings. The van der Waals surface area contributed by atoms with Crippen molar-refractivity contribution in [1.29, 1.82) is 0 Å². The summed E-state index contributed by atoms with van der Waals surface area (Å²) in [7, 11) is -3.96. The van der Waals surface area contributed by atoms with Crippen LogP contribution in [0.4, 0.5) is 10.1 Å². The summed E-state index contributed by atoms with van der Waals surface area (Å²) in [4.78, 5) is 12.4. The molecule has 2 aromatic rings. The molecule has 0 radical (unpaired) electrons. The Bertz CT molecular complexity index is 942. The fraction of sp³-hybridized carbons (Fsp3) is 0.350. The second kappa shape index (κ2) is 8.92. The number of halogens is 2. The van der Waals surface area contributed by atoms with Crippen LogP contribution >= 0.6 is 11.6 Å². The van der Waals surface area contributed by atoms with Crippen LogP contribution in [0.2, 0.25) is 5.02 Å². The van der Waals surface area contributed by atoms with Crippen molar-refractivity contribution in [1.82, 2.24) is 5.32 Å². The lowest BCUT2D eigenvalue weighted by Gasteiger charge is -2.21. The van der Waals surface area contributed by atoms with Crippen LogP contribution in [0.5, 0.6) is 0 Å². The molecule has 1 amide bonds. The third-order valence-electron chi connectivity index (χ3n) is 4.87. The van der Waals surface area contributed by atoms with E-state index in [1.807, 2.05) is 0 Å². The van der Waals surface area contributed by atoms with E-state index in [1.54, 1.807) is 6.07 Å². The van der Waals surface area contributed by atoms with E-state index in [-0.39, 0.29) is 21.5 Å². The zero-order valence-electron chi connectivity index (χ0n) is 15.3. The largest absolute Gasteiger partial charge is 0.352 e. The lowest BCUT2D eigenvalue weighted by molar-refractivity contribution is 0.0943. The van der Waals surface area contributed by atoms with E-state index >= 15 is 0 Å². The molecule has 2 aromatic carbocycles. The smallest absolute Gasteiger partial charge is 0.261 e. The fourth-order valence-corrected chi connectivity index (χ4v) is 4.58. The molecule has 0 atom stereocenters. The van der Waals surface area contributed by atoms with E-state index < -0.39 is 15.8 Å². The van der Waals surface area contributed by atoms with Gasteiger partial charge < -0.3 is 5.32 Å². The number of anilines is 1. The molecule has 28 heavy (non-hydrogen) atoms. The van der Waals surface area contributed by atoms with Gasteiger partial charge in [-0.15, -0.1) is 0 Å². The molecule has 0 bridgehead atoms. The number of nitrogens with one attached hydrogen (secondary N) is 2. The predicted molar refractivity (Wildman–Crippen MR) is 108 cm³/mol. The number of carbonyl (C=O) groups excluding carboxylic acids is 1. The number of benzene rings is 2. The molecule has 5 nitrogen and oxygen atoms in total. The normalized spacial score (nSPS) is 15.2. The number of amides is 1. The first-order chi connectivity index (χ1) is 13.3. The minimum absolute atomic E-state index is 0.0938. The zero-order valence-corrected chi connectivity index (χ0v) is 16.8. The van der Waals surface area contributed by atoms with Gasteiger partial charge in [0.25, 0.3) is 15.9 Å². The van der Waals surface area contributed by atoms with Crippen molar-refractivity contribution < 1.29 is 17.6 Å². The Morgan fingerprint density at radius 2 is 1.75 bits per heavy atom. The van der Waals surface area contributed by atoms with Crippen LogP contribution in [0.1, 0.15) is 42.5 Å². The van der Waals surface area contributed by atoms with Crippen LogP contribution in [0.25, 0.3) is 0 Å². The van der Waals surface area contributed by atoms with Crippen molar-refractivity contribution in [3.63, 3.8) is 0 Å². The SMILES string of the molecule is O=C(NCC1CCCCC1)c1ccc(Cl)c(NS(=O)(=O)c2ccc(F)cc2)c1. The number of sulfonamides is 1. The lowest BCUT2D eigenvalue weighted by atomic mass is 9.89. The molecule has 0 spiro atoms. The van der Waals surface area contributed by atoms with Gasteiger partial charge in [-0.2, -0.15) is 0 Å². The lowest BCUT2D eigenvalue weighted by Crippen LogP contribution is -2.30. The maximum atomic E-state index is 13.0. The van der Waals surface area contributed by atoms with Gasteiger partial charge in [0, 0.05) is 12.1 Å². The Kier molecular flexibility index (Phi) is 6.57. The first-order valence-corrected chi connectivity index (χ1v) is 11.1. The van der Waals surface area contributed by atoms with Crippen molar-refractivity contribution in [2.75, 3.05) is 11.3 Å². The summed E-state index contributed by atoms with van der Waals surface area (Å²) in [5.41, 5.74) is 0.410. The van der Waals surface area contributed by atoms with E-state index in [4.69, 9.17) is 11.6 Å². The van der Waals surface area contributed by atoms with E-state index in [2.05, 4.69) is 10.0 Å². The van der Waals surface area contributed by atoms with Crippen molar-refractivity contribution >= 4 is 33.2 Å². The highest BCUT2D eigenvalue weighted by Crippen LogP contribution is 2.27. The summed E-state index contributed by atoms with van der Waals surface area (Å²) >= 11 is 6.10. The van der Waals surface area contributed by atoms with Crippen LogP contribution in [0.3, 0.4) is 0 Å². The molecule has 150 valence electrons. The first-order valence-electron chi connectivity index (χ1n) is 9.21.